The lowest BCUT2D eigenvalue weighted by Crippen LogP contribution is -2.49. The summed E-state index contributed by atoms with van der Waals surface area (Å²) in [5.74, 6) is 0.942. The Morgan fingerprint density at radius 3 is 2.94 bits per heavy atom. The Hall–Kier alpha value is -0.610. The molecule has 1 saturated heterocycles. The quantitative estimate of drug-likeness (QED) is 0.713. The number of hydrogen-bond donors (Lipinski definition) is 1. The first-order chi connectivity index (χ1) is 8.19. The van der Waals surface area contributed by atoms with E-state index >= 15 is 0 Å². The van der Waals surface area contributed by atoms with E-state index in [2.05, 4.69) is 12.2 Å². The zero-order chi connectivity index (χ0) is 12.7. The molecular formula is C13H26N2O2. The van der Waals surface area contributed by atoms with E-state index in [-0.39, 0.29) is 11.9 Å². The van der Waals surface area contributed by atoms with E-state index in [1.165, 1.54) is 12.8 Å². The van der Waals surface area contributed by atoms with Crippen LogP contribution in [0, 0.1) is 5.92 Å². The number of carbonyl (C=O) groups is 1. The second kappa shape index (κ2) is 7.67. The van der Waals surface area contributed by atoms with E-state index in [0.29, 0.717) is 12.5 Å². The monoisotopic (exact) mass is 242 g/mol. The number of ether oxygens (including phenoxy) is 1. The standard InChI is InChI=1S/C13H26N2O2/c1-4-11-6-7-14-12(10-11)13(16)15(2)8-5-9-17-3/h11-12,14H,4-10H2,1-3H3. The average molecular weight is 242 g/mol. The van der Waals surface area contributed by atoms with Gasteiger partial charge >= 0.3 is 0 Å². The molecule has 0 aliphatic carbocycles. The van der Waals surface area contributed by atoms with Crippen molar-refractivity contribution in [2.45, 2.75) is 38.6 Å². The first kappa shape index (κ1) is 14.5. The summed E-state index contributed by atoms with van der Waals surface area (Å²) in [6.07, 6.45) is 4.28. The minimum Gasteiger partial charge on any atom is -0.385 e. The lowest BCUT2D eigenvalue weighted by Gasteiger charge is -2.31. The van der Waals surface area contributed by atoms with Crippen LogP contribution < -0.4 is 5.32 Å². The molecule has 2 atom stereocenters. The molecule has 100 valence electrons. The van der Waals surface area contributed by atoms with Gasteiger partial charge in [0.15, 0.2) is 0 Å². The Labute approximate surface area is 105 Å². The fourth-order valence-electron chi connectivity index (χ4n) is 2.38. The number of carbonyl (C=O) groups excluding carboxylic acids is 1. The van der Waals surface area contributed by atoms with E-state index < -0.39 is 0 Å². The van der Waals surface area contributed by atoms with Crippen LogP contribution in [-0.4, -0.2) is 50.7 Å². The maximum Gasteiger partial charge on any atom is 0.239 e. The highest BCUT2D eigenvalue weighted by Crippen LogP contribution is 2.20. The molecule has 1 fully saturated rings. The predicted octanol–water partition coefficient (Wildman–Crippen LogP) is 1.26. The number of hydrogen-bond acceptors (Lipinski definition) is 3. The van der Waals surface area contributed by atoms with Gasteiger partial charge in [0, 0.05) is 27.3 Å². The van der Waals surface area contributed by atoms with E-state index in [0.717, 1.165) is 25.9 Å². The van der Waals surface area contributed by atoms with Crippen LogP contribution in [0.1, 0.15) is 32.6 Å². The van der Waals surface area contributed by atoms with Gasteiger partial charge in [-0.2, -0.15) is 0 Å². The molecule has 1 aliphatic rings. The topological polar surface area (TPSA) is 41.6 Å². The van der Waals surface area contributed by atoms with E-state index in [4.69, 9.17) is 4.74 Å². The lowest BCUT2D eigenvalue weighted by molar-refractivity contribution is -0.133. The highest BCUT2D eigenvalue weighted by Gasteiger charge is 2.27. The second-order valence-electron chi connectivity index (χ2n) is 4.91. The van der Waals surface area contributed by atoms with Gasteiger partial charge < -0.3 is 15.0 Å². The summed E-state index contributed by atoms with van der Waals surface area (Å²) in [5, 5.41) is 3.33. The van der Waals surface area contributed by atoms with Crippen LogP contribution in [-0.2, 0) is 9.53 Å². The van der Waals surface area contributed by atoms with Crippen LogP contribution in [0.3, 0.4) is 0 Å². The normalized spacial score (nSPS) is 24.6. The van der Waals surface area contributed by atoms with Crippen molar-refractivity contribution in [3.8, 4) is 0 Å². The average Bonchev–Trinajstić information content (AvgIpc) is 2.38. The molecular weight excluding hydrogens is 216 g/mol. The molecule has 0 spiro atoms. The number of nitrogens with zero attached hydrogens (tertiary/aromatic N) is 1. The number of amides is 1. The van der Waals surface area contributed by atoms with Gasteiger partial charge in [-0.1, -0.05) is 13.3 Å². The third-order valence-corrected chi connectivity index (χ3v) is 3.61. The zero-order valence-electron chi connectivity index (χ0n) is 11.4. The maximum absolute atomic E-state index is 12.2. The van der Waals surface area contributed by atoms with Crippen LogP contribution in [0.2, 0.25) is 0 Å². The van der Waals surface area contributed by atoms with Gasteiger partial charge in [0.25, 0.3) is 0 Å². The van der Waals surface area contributed by atoms with Gasteiger partial charge in [0.1, 0.15) is 0 Å². The molecule has 4 heteroatoms. The Kier molecular flexibility index (Phi) is 6.52. The van der Waals surface area contributed by atoms with Crippen molar-refractivity contribution in [1.82, 2.24) is 10.2 Å². The SMILES string of the molecule is CCC1CCNC(C(=O)N(C)CCCOC)C1. The number of methoxy groups -OCH3 is 1. The van der Waals surface area contributed by atoms with Gasteiger partial charge in [-0.25, -0.2) is 0 Å². The highest BCUT2D eigenvalue weighted by atomic mass is 16.5. The molecule has 0 radical (unpaired) electrons. The maximum atomic E-state index is 12.2. The molecule has 0 bridgehead atoms. The van der Waals surface area contributed by atoms with Crippen LogP contribution in [0.5, 0.6) is 0 Å². The minimum atomic E-state index is 0.0289. The van der Waals surface area contributed by atoms with Crippen molar-refractivity contribution in [2.75, 3.05) is 33.9 Å². The summed E-state index contributed by atoms with van der Waals surface area (Å²) >= 11 is 0. The zero-order valence-corrected chi connectivity index (χ0v) is 11.4. The molecule has 1 aliphatic heterocycles. The van der Waals surface area contributed by atoms with Gasteiger partial charge in [-0.3, -0.25) is 4.79 Å². The number of piperidine rings is 1. The smallest absolute Gasteiger partial charge is 0.239 e. The number of likely N-dealkylation sites (N-methyl/N-ethyl adjacent to an activating group) is 1. The minimum absolute atomic E-state index is 0.0289. The lowest BCUT2D eigenvalue weighted by atomic mass is 9.90. The van der Waals surface area contributed by atoms with Crippen molar-refractivity contribution in [2.24, 2.45) is 5.92 Å². The molecule has 0 aromatic heterocycles. The molecule has 17 heavy (non-hydrogen) atoms. The summed E-state index contributed by atoms with van der Waals surface area (Å²) in [4.78, 5) is 14.0. The Morgan fingerprint density at radius 2 is 2.29 bits per heavy atom. The fourth-order valence-corrected chi connectivity index (χ4v) is 2.38. The summed E-state index contributed by atoms with van der Waals surface area (Å²) in [7, 11) is 3.57. The van der Waals surface area contributed by atoms with Crippen molar-refractivity contribution >= 4 is 5.91 Å². The Morgan fingerprint density at radius 1 is 1.53 bits per heavy atom. The van der Waals surface area contributed by atoms with E-state index in [9.17, 15) is 4.79 Å². The largest absolute Gasteiger partial charge is 0.385 e. The first-order valence-corrected chi connectivity index (χ1v) is 6.66. The summed E-state index contributed by atoms with van der Waals surface area (Å²) in [5.41, 5.74) is 0. The van der Waals surface area contributed by atoms with Gasteiger partial charge in [0.2, 0.25) is 5.91 Å². The summed E-state index contributed by atoms with van der Waals surface area (Å²) < 4.78 is 5.00. The van der Waals surface area contributed by atoms with Crippen molar-refractivity contribution in [3.05, 3.63) is 0 Å². The highest BCUT2D eigenvalue weighted by molar-refractivity contribution is 5.81. The number of nitrogens with one attached hydrogen (secondary N) is 1. The molecule has 0 aromatic carbocycles. The molecule has 1 heterocycles. The van der Waals surface area contributed by atoms with E-state index in [1.807, 2.05) is 11.9 Å². The second-order valence-corrected chi connectivity index (χ2v) is 4.91. The first-order valence-electron chi connectivity index (χ1n) is 6.66. The molecule has 4 nitrogen and oxygen atoms in total. The third-order valence-electron chi connectivity index (χ3n) is 3.61. The van der Waals surface area contributed by atoms with Crippen LogP contribution >= 0.6 is 0 Å². The Bertz CT molecular complexity index is 233. The van der Waals surface area contributed by atoms with Crippen molar-refractivity contribution in [1.29, 1.82) is 0 Å². The Balaban J connectivity index is 2.34. The van der Waals surface area contributed by atoms with Crippen molar-refractivity contribution < 1.29 is 9.53 Å². The predicted molar refractivity (Wildman–Crippen MR) is 68.9 cm³/mol. The molecule has 1 rings (SSSR count). The van der Waals surface area contributed by atoms with E-state index in [1.54, 1.807) is 7.11 Å². The van der Waals surface area contributed by atoms with Crippen LogP contribution in [0.25, 0.3) is 0 Å². The molecule has 0 saturated carbocycles. The molecule has 1 N–H and O–H groups in total. The van der Waals surface area contributed by atoms with Crippen LogP contribution in [0.15, 0.2) is 0 Å². The summed E-state index contributed by atoms with van der Waals surface area (Å²) in [6.45, 7) is 4.68. The van der Waals surface area contributed by atoms with Gasteiger partial charge in [-0.15, -0.1) is 0 Å². The van der Waals surface area contributed by atoms with Crippen molar-refractivity contribution in [3.63, 3.8) is 0 Å². The van der Waals surface area contributed by atoms with Gasteiger partial charge in [0.05, 0.1) is 6.04 Å². The molecule has 1 amide bonds. The third kappa shape index (κ3) is 4.64. The fraction of sp³-hybridized carbons (Fsp3) is 0.923. The van der Waals surface area contributed by atoms with Gasteiger partial charge in [-0.05, 0) is 31.7 Å². The number of rotatable bonds is 6. The summed E-state index contributed by atoms with van der Waals surface area (Å²) in [6, 6.07) is 0.0289. The molecule has 0 aromatic rings. The molecule has 2 unspecified atom stereocenters. The van der Waals surface area contributed by atoms with Crippen LogP contribution in [0.4, 0.5) is 0 Å².